The van der Waals surface area contributed by atoms with Crippen LogP contribution in [0.15, 0.2) is 28.8 Å². The van der Waals surface area contributed by atoms with Crippen LogP contribution in [0.25, 0.3) is 0 Å². The lowest BCUT2D eigenvalue weighted by atomic mass is 10.1. The van der Waals surface area contributed by atoms with Gasteiger partial charge in [0.15, 0.2) is 5.82 Å². The summed E-state index contributed by atoms with van der Waals surface area (Å²) in [4.78, 5) is 4.48. The smallest absolute Gasteiger partial charge is 0.234 e. The van der Waals surface area contributed by atoms with E-state index in [2.05, 4.69) is 41.3 Å². The van der Waals surface area contributed by atoms with Gasteiger partial charge in [0.1, 0.15) is 0 Å². The summed E-state index contributed by atoms with van der Waals surface area (Å²) in [7, 11) is 0. The quantitative estimate of drug-likeness (QED) is 0.891. The Bertz CT molecular complexity index is 540. The molecule has 0 saturated heterocycles. The number of aromatic nitrogens is 2. The number of nitrogens with two attached hydrogens (primary N) is 1. The van der Waals surface area contributed by atoms with E-state index in [1.807, 2.05) is 0 Å². The predicted molar refractivity (Wildman–Crippen MR) is 68.2 cm³/mol. The van der Waals surface area contributed by atoms with E-state index in [-0.39, 0.29) is 5.41 Å². The van der Waals surface area contributed by atoms with Crippen molar-refractivity contribution in [3.05, 3.63) is 47.1 Å². The number of aryl methyl sites for hydroxylation is 1. The highest BCUT2D eigenvalue weighted by molar-refractivity contribution is 5.24. The number of benzene rings is 1. The van der Waals surface area contributed by atoms with Crippen molar-refractivity contribution in [2.24, 2.45) is 5.73 Å². The Labute approximate surface area is 106 Å². The second-order valence-corrected chi connectivity index (χ2v) is 5.16. The minimum Gasteiger partial charge on any atom is -0.339 e. The molecule has 2 N–H and O–H groups in total. The first-order chi connectivity index (χ1) is 8.72. The maximum Gasteiger partial charge on any atom is 0.234 e. The molecule has 0 bridgehead atoms. The zero-order valence-corrected chi connectivity index (χ0v) is 10.5. The molecule has 0 aliphatic heterocycles. The molecule has 94 valence electrons. The van der Waals surface area contributed by atoms with E-state index in [9.17, 15) is 0 Å². The van der Waals surface area contributed by atoms with Crippen molar-refractivity contribution in [2.75, 3.05) is 6.54 Å². The summed E-state index contributed by atoms with van der Waals surface area (Å²) in [5.74, 6) is 1.46. The van der Waals surface area contributed by atoms with E-state index >= 15 is 0 Å². The Morgan fingerprint density at radius 3 is 2.61 bits per heavy atom. The van der Waals surface area contributed by atoms with Gasteiger partial charge in [-0.2, -0.15) is 4.98 Å². The molecule has 2 aromatic rings. The third-order valence-corrected chi connectivity index (χ3v) is 3.65. The van der Waals surface area contributed by atoms with Crippen molar-refractivity contribution >= 4 is 0 Å². The first kappa shape index (κ1) is 11.4. The first-order valence-corrected chi connectivity index (χ1v) is 6.30. The van der Waals surface area contributed by atoms with Crippen molar-refractivity contribution in [1.82, 2.24) is 10.1 Å². The molecule has 1 aliphatic carbocycles. The van der Waals surface area contributed by atoms with Crippen LogP contribution in [-0.4, -0.2) is 16.7 Å². The summed E-state index contributed by atoms with van der Waals surface area (Å²) in [5, 5.41) is 4.05. The van der Waals surface area contributed by atoms with Crippen molar-refractivity contribution in [3.8, 4) is 0 Å². The summed E-state index contributed by atoms with van der Waals surface area (Å²) < 4.78 is 5.34. The molecule has 1 aromatic carbocycles. The molecule has 0 unspecified atom stereocenters. The standard InChI is InChI=1S/C14H17N3O/c1-10-2-4-11(5-3-10)8-12-16-13(18-17-12)14(9-15)6-7-14/h2-5H,6-9,15H2,1H3. The second kappa shape index (κ2) is 4.21. The fourth-order valence-electron chi connectivity index (χ4n) is 2.09. The lowest BCUT2D eigenvalue weighted by Crippen LogP contribution is -2.20. The highest BCUT2D eigenvalue weighted by Gasteiger charge is 2.48. The molecule has 1 saturated carbocycles. The summed E-state index contributed by atoms with van der Waals surface area (Å²) in [6.45, 7) is 2.67. The minimum atomic E-state index is -0.0154. The fraction of sp³-hybridized carbons (Fsp3) is 0.429. The maximum absolute atomic E-state index is 5.75. The predicted octanol–water partition coefficient (Wildman–Crippen LogP) is 1.96. The molecule has 4 nitrogen and oxygen atoms in total. The van der Waals surface area contributed by atoms with Crippen LogP contribution in [0.2, 0.25) is 0 Å². The lowest BCUT2D eigenvalue weighted by molar-refractivity contribution is 0.344. The van der Waals surface area contributed by atoms with Crippen LogP contribution in [0.5, 0.6) is 0 Å². The average molecular weight is 243 g/mol. The second-order valence-electron chi connectivity index (χ2n) is 5.16. The molecule has 0 amide bonds. The molecule has 3 rings (SSSR count). The van der Waals surface area contributed by atoms with E-state index in [0.717, 1.165) is 18.7 Å². The van der Waals surface area contributed by atoms with E-state index in [1.165, 1.54) is 11.1 Å². The zero-order chi connectivity index (χ0) is 12.6. The summed E-state index contributed by atoms with van der Waals surface area (Å²) in [6, 6.07) is 8.39. The third-order valence-electron chi connectivity index (χ3n) is 3.65. The molecule has 1 aromatic heterocycles. The van der Waals surface area contributed by atoms with E-state index < -0.39 is 0 Å². The van der Waals surface area contributed by atoms with Gasteiger partial charge >= 0.3 is 0 Å². The average Bonchev–Trinajstić information content (AvgIpc) is 3.06. The molecular weight excluding hydrogens is 226 g/mol. The SMILES string of the molecule is Cc1ccc(Cc2noc(C3(CN)CC3)n2)cc1. The molecule has 0 spiro atoms. The van der Waals surface area contributed by atoms with Crippen molar-refractivity contribution in [3.63, 3.8) is 0 Å². The number of hydrogen-bond acceptors (Lipinski definition) is 4. The molecule has 1 aliphatic rings. The van der Waals surface area contributed by atoms with Gasteiger partial charge < -0.3 is 10.3 Å². The van der Waals surface area contributed by atoms with Crippen molar-refractivity contribution in [1.29, 1.82) is 0 Å². The molecular formula is C14H17N3O. The monoisotopic (exact) mass is 243 g/mol. The van der Waals surface area contributed by atoms with Gasteiger partial charge in [-0.05, 0) is 25.3 Å². The lowest BCUT2D eigenvalue weighted by Gasteiger charge is -2.03. The highest BCUT2D eigenvalue weighted by Crippen LogP contribution is 2.46. The first-order valence-electron chi connectivity index (χ1n) is 6.30. The molecule has 4 heteroatoms. The van der Waals surface area contributed by atoms with Crippen LogP contribution in [0.3, 0.4) is 0 Å². The molecule has 0 radical (unpaired) electrons. The Balaban J connectivity index is 1.76. The molecule has 1 fully saturated rings. The number of hydrogen-bond donors (Lipinski definition) is 1. The van der Waals surface area contributed by atoms with Crippen molar-refractivity contribution < 1.29 is 4.52 Å². The molecule has 18 heavy (non-hydrogen) atoms. The maximum atomic E-state index is 5.75. The van der Waals surface area contributed by atoms with Gasteiger partial charge in [0.2, 0.25) is 5.89 Å². The molecule has 0 atom stereocenters. The fourth-order valence-corrected chi connectivity index (χ4v) is 2.09. The topological polar surface area (TPSA) is 64.9 Å². The number of nitrogens with zero attached hydrogens (tertiary/aromatic N) is 2. The minimum absolute atomic E-state index is 0.0154. The Morgan fingerprint density at radius 1 is 1.28 bits per heavy atom. The third kappa shape index (κ3) is 2.04. The van der Waals surface area contributed by atoms with E-state index in [1.54, 1.807) is 0 Å². The van der Waals surface area contributed by atoms with E-state index in [0.29, 0.717) is 18.9 Å². The van der Waals surface area contributed by atoms with Gasteiger partial charge in [0.05, 0.1) is 5.41 Å². The van der Waals surface area contributed by atoms with Gasteiger partial charge in [0.25, 0.3) is 0 Å². The Morgan fingerprint density at radius 2 is 2.00 bits per heavy atom. The van der Waals surface area contributed by atoms with Crippen LogP contribution < -0.4 is 5.73 Å². The largest absolute Gasteiger partial charge is 0.339 e. The molecule has 1 heterocycles. The normalized spacial score (nSPS) is 16.8. The van der Waals surface area contributed by atoms with E-state index in [4.69, 9.17) is 10.3 Å². The van der Waals surface area contributed by atoms with Gasteiger partial charge in [-0.15, -0.1) is 0 Å². The Kier molecular flexibility index (Phi) is 2.67. The van der Waals surface area contributed by atoms with Crippen molar-refractivity contribution in [2.45, 2.75) is 31.6 Å². The van der Waals surface area contributed by atoms with Crippen LogP contribution >= 0.6 is 0 Å². The zero-order valence-electron chi connectivity index (χ0n) is 10.5. The van der Waals surface area contributed by atoms with Crippen LogP contribution in [0, 0.1) is 6.92 Å². The van der Waals surface area contributed by atoms with Gasteiger partial charge in [-0.3, -0.25) is 0 Å². The highest BCUT2D eigenvalue weighted by atomic mass is 16.5. The van der Waals surface area contributed by atoms with Gasteiger partial charge in [-0.1, -0.05) is 35.0 Å². The van der Waals surface area contributed by atoms with Gasteiger partial charge in [-0.25, -0.2) is 0 Å². The van der Waals surface area contributed by atoms with Gasteiger partial charge in [0, 0.05) is 13.0 Å². The Hall–Kier alpha value is -1.68. The summed E-state index contributed by atoms with van der Waals surface area (Å²) >= 11 is 0. The summed E-state index contributed by atoms with van der Waals surface area (Å²) in [5.41, 5.74) is 8.19. The summed E-state index contributed by atoms with van der Waals surface area (Å²) in [6.07, 6.45) is 2.84. The van der Waals surface area contributed by atoms with Crippen LogP contribution in [-0.2, 0) is 11.8 Å². The number of rotatable bonds is 4. The van der Waals surface area contributed by atoms with Crippen LogP contribution in [0.4, 0.5) is 0 Å². The van der Waals surface area contributed by atoms with Crippen LogP contribution in [0.1, 0.15) is 35.7 Å².